The Labute approximate surface area is 137 Å². The van der Waals surface area contributed by atoms with Crippen molar-refractivity contribution in [2.75, 3.05) is 5.73 Å². The van der Waals surface area contributed by atoms with Gasteiger partial charge in [0.05, 0.1) is 23.8 Å². The van der Waals surface area contributed by atoms with Crippen molar-refractivity contribution in [3.63, 3.8) is 0 Å². The van der Waals surface area contributed by atoms with Gasteiger partial charge in [0, 0.05) is 18.9 Å². The Morgan fingerprint density at radius 1 is 1.35 bits per heavy atom. The summed E-state index contributed by atoms with van der Waals surface area (Å²) >= 11 is 6.03. The zero-order valence-electron chi connectivity index (χ0n) is 12.1. The minimum atomic E-state index is -3.75. The van der Waals surface area contributed by atoms with Gasteiger partial charge in [0.25, 0.3) is 0 Å². The fraction of sp³-hybridized carbons (Fsp3) is 0.154. The van der Waals surface area contributed by atoms with Crippen molar-refractivity contribution in [1.82, 2.24) is 24.3 Å². The molecule has 3 heterocycles. The van der Waals surface area contributed by atoms with Crippen molar-refractivity contribution in [2.45, 2.75) is 18.4 Å². The number of anilines is 1. The molecule has 0 aliphatic rings. The maximum Gasteiger partial charge on any atom is 0.243 e. The molecule has 10 heteroatoms. The minimum Gasteiger partial charge on any atom is -0.397 e. The van der Waals surface area contributed by atoms with E-state index in [0.29, 0.717) is 27.6 Å². The molecule has 8 nitrogen and oxygen atoms in total. The first-order chi connectivity index (χ1) is 10.9. The first-order valence-corrected chi connectivity index (χ1v) is 8.42. The highest BCUT2D eigenvalue weighted by atomic mass is 35.5. The van der Waals surface area contributed by atoms with E-state index < -0.39 is 10.0 Å². The number of nitrogens with one attached hydrogen (secondary N) is 1. The second kappa shape index (κ2) is 5.76. The number of sulfonamides is 1. The molecular formula is C13H13ClN6O2S. The summed E-state index contributed by atoms with van der Waals surface area (Å²) in [7, 11) is -3.75. The number of nitrogens with zero attached hydrogens (tertiary/aromatic N) is 4. The van der Waals surface area contributed by atoms with Crippen molar-refractivity contribution in [3.8, 4) is 0 Å². The number of nitrogen functional groups attached to an aromatic ring is 1. The van der Waals surface area contributed by atoms with Crippen molar-refractivity contribution < 1.29 is 8.42 Å². The lowest BCUT2D eigenvalue weighted by Crippen LogP contribution is -2.24. The molecule has 0 aliphatic carbocycles. The molecule has 0 radical (unpaired) electrons. The maximum atomic E-state index is 12.3. The van der Waals surface area contributed by atoms with Gasteiger partial charge in [-0.2, -0.15) is 5.10 Å². The Morgan fingerprint density at radius 3 is 2.87 bits per heavy atom. The Hall–Kier alpha value is -2.23. The summed E-state index contributed by atoms with van der Waals surface area (Å²) in [6.45, 7) is 1.79. The Bertz CT molecular complexity index is 985. The third-order valence-electron chi connectivity index (χ3n) is 3.14. The fourth-order valence-electron chi connectivity index (χ4n) is 2.00. The van der Waals surface area contributed by atoms with Crippen LogP contribution >= 0.6 is 11.6 Å². The summed E-state index contributed by atoms with van der Waals surface area (Å²) in [5, 5.41) is 4.52. The first-order valence-electron chi connectivity index (χ1n) is 6.56. The van der Waals surface area contributed by atoms with Crippen LogP contribution in [0.25, 0.3) is 5.65 Å². The summed E-state index contributed by atoms with van der Waals surface area (Å²) < 4.78 is 28.5. The van der Waals surface area contributed by atoms with Crippen LogP contribution in [0, 0.1) is 6.92 Å². The van der Waals surface area contributed by atoms with Gasteiger partial charge in [0.15, 0.2) is 5.65 Å². The van der Waals surface area contributed by atoms with Gasteiger partial charge in [-0.3, -0.25) is 4.98 Å². The molecule has 0 fully saturated rings. The Morgan fingerprint density at radius 2 is 2.13 bits per heavy atom. The van der Waals surface area contributed by atoms with Gasteiger partial charge in [-0.05, 0) is 18.6 Å². The smallest absolute Gasteiger partial charge is 0.243 e. The topological polar surface area (TPSA) is 115 Å². The molecule has 0 bridgehead atoms. The fourth-order valence-corrected chi connectivity index (χ4v) is 3.13. The SMILES string of the molecule is Cc1nn2cc(S(=O)(=O)NCc3cncc(N)c3)cnc2c1Cl. The van der Waals surface area contributed by atoms with Gasteiger partial charge in [-0.25, -0.2) is 22.6 Å². The number of rotatable bonds is 4. The molecule has 0 unspecified atom stereocenters. The standard InChI is InChI=1S/C13H13ClN6O2S/c1-8-12(14)13-17-6-11(7-20(13)19-8)23(21,22)18-4-9-2-10(15)5-16-3-9/h2-3,5-7,18H,4,15H2,1H3. The van der Waals surface area contributed by atoms with Crippen LogP contribution in [0.5, 0.6) is 0 Å². The molecule has 3 aromatic heterocycles. The molecular weight excluding hydrogens is 340 g/mol. The van der Waals surface area contributed by atoms with Crippen LogP contribution in [-0.2, 0) is 16.6 Å². The van der Waals surface area contributed by atoms with Crippen molar-refractivity contribution in [3.05, 3.63) is 47.1 Å². The second-order valence-electron chi connectivity index (χ2n) is 4.91. The summed E-state index contributed by atoms with van der Waals surface area (Å²) in [6, 6.07) is 1.65. The zero-order valence-corrected chi connectivity index (χ0v) is 13.6. The van der Waals surface area contributed by atoms with Crippen LogP contribution in [0.2, 0.25) is 5.02 Å². The molecule has 3 N–H and O–H groups in total. The first kappa shape index (κ1) is 15.7. The highest BCUT2D eigenvalue weighted by Gasteiger charge is 2.17. The van der Waals surface area contributed by atoms with Crippen LogP contribution in [0.15, 0.2) is 35.7 Å². The average Bonchev–Trinajstić information content (AvgIpc) is 2.80. The van der Waals surface area contributed by atoms with E-state index in [1.54, 1.807) is 13.0 Å². The van der Waals surface area contributed by atoms with Crippen LogP contribution < -0.4 is 10.5 Å². The number of fused-ring (bicyclic) bond motifs is 1. The van der Waals surface area contributed by atoms with Crippen molar-refractivity contribution >= 4 is 33.0 Å². The molecule has 0 aromatic carbocycles. The van der Waals surface area contributed by atoms with Gasteiger partial charge in [0.2, 0.25) is 10.0 Å². The van der Waals surface area contributed by atoms with Crippen LogP contribution in [0.3, 0.4) is 0 Å². The largest absolute Gasteiger partial charge is 0.397 e. The number of hydrogen-bond acceptors (Lipinski definition) is 6. The van der Waals surface area contributed by atoms with Gasteiger partial charge in [0.1, 0.15) is 9.92 Å². The van der Waals surface area contributed by atoms with E-state index in [2.05, 4.69) is 19.8 Å². The van der Waals surface area contributed by atoms with Crippen molar-refractivity contribution in [2.24, 2.45) is 0 Å². The maximum absolute atomic E-state index is 12.3. The predicted molar refractivity (Wildman–Crippen MR) is 85.4 cm³/mol. The molecule has 3 rings (SSSR count). The number of hydrogen-bond donors (Lipinski definition) is 2. The number of halogens is 1. The normalized spacial score (nSPS) is 11.9. The summed E-state index contributed by atoms with van der Waals surface area (Å²) in [5.41, 5.74) is 7.71. The van der Waals surface area contributed by atoms with Crippen molar-refractivity contribution in [1.29, 1.82) is 0 Å². The van der Waals surface area contributed by atoms with E-state index in [1.807, 2.05) is 0 Å². The van der Waals surface area contributed by atoms with E-state index in [1.165, 1.54) is 29.3 Å². The van der Waals surface area contributed by atoms with Crippen LogP contribution in [0.4, 0.5) is 5.69 Å². The molecule has 3 aromatic rings. The number of nitrogens with two attached hydrogens (primary N) is 1. The van der Waals surface area contributed by atoms with Crippen LogP contribution in [-0.4, -0.2) is 28.0 Å². The summed E-state index contributed by atoms with van der Waals surface area (Å²) in [4.78, 5) is 7.95. The quantitative estimate of drug-likeness (QED) is 0.727. The minimum absolute atomic E-state index is 0.0129. The third-order valence-corrected chi connectivity index (χ3v) is 4.94. The highest BCUT2D eigenvalue weighted by Crippen LogP contribution is 2.20. The Kier molecular flexibility index (Phi) is 3.92. The van der Waals surface area contributed by atoms with E-state index in [0.717, 1.165) is 0 Å². The molecule has 0 atom stereocenters. The van der Waals surface area contributed by atoms with Crippen LogP contribution in [0.1, 0.15) is 11.3 Å². The van der Waals surface area contributed by atoms with Gasteiger partial charge in [-0.1, -0.05) is 11.6 Å². The second-order valence-corrected chi connectivity index (χ2v) is 7.05. The van der Waals surface area contributed by atoms with E-state index >= 15 is 0 Å². The summed E-state index contributed by atoms with van der Waals surface area (Å²) in [6.07, 6.45) is 5.63. The molecule has 0 saturated carbocycles. The van der Waals surface area contributed by atoms with Gasteiger partial charge < -0.3 is 5.73 Å². The number of aromatic nitrogens is 4. The van der Waals surface area contributed by atoms with E-state index in [4.69, 9.17) is 17.3 Å². The lowest BCUT2D eigenvalue weighted by molar-refractivity contribution is 0.579. The zero-order chi connectivity index (χ0) is 16.6. The Balaban J connectivity index is 1.87. The lowest BCUT2D eigenvalue weighted by Gasteiger charge is -2.07. The highest BCUT2D eigenvalue weighted by molar-refractivity contribution is 7.89. The van der Waals surface area contributed by atoms with E-state index in [9.17, 15) is 8.42 Å². The number of pyridine rings is 1. The monoisotopic (exact) mass is 352 g/mol. The molecule has 0 aliphatic heterocycles. The molecule has 0 spiro atoms. The van der Waals surface area contributed by atoms with E-state index in [-0.39, 0.29) is 11.4 Å². The molecule has 0 saturated heterocycles. The molecule has 0 amide bonds. The molecule has 120 valence electrons. The van der Waals surface area contributed by atoms with Gasteiger partial charge in [-0.15, -0.1) is 0 Å². The average molecular weight is 353 g/mol. The lowest BCUT2D eigenvalue weighted by atomic mass is 10.3. The van der Waals surface area contributed by atoms with Gasteiger partial charge >= 0.3 is 0 Å². The predicted octanol–water partition coefficient (Wildman–Crippen LogP) is 1.15. The summed E-state index contributed by atoms with van der Waals surface area (Å²) in [5.74, 6) is 0. The number of aryl methyl sites for hydroxylation is 1. The molecule has 23 heavy (non-hydrogen) atoms. The third kappa shape index (κ3) is 3.11.